The molecule has 0 aliphatic carbocycles. The van der Waals surface area contributed by atoms with Gasteiger partial charge in [0, 0.05) is 44.7 Å². The second-order valence-electron chi connectivity index (χ2n) is 7.62. The first kappa shape index (κ1) is 16.8. The molecule has 1 aromatic rings. The second kappa shape index (κ2) is 6.60. The fraction of sp³-hybridized carbons (Fsp3) is 0.579. The maximum absolute atomic E-state index is 12.9. The third-order valence-corrected chi connectivity index (χ3v) is 5.95. The third kappa shape index (κ3) is 3.12. The number of carbonyl (C=O) groups is 2. The van der Waals surface area contributed by atoms with Gasteiger partial charge in [-0.15, -0.1) is 0 Å². The fourth-order valence-electron chi connectivity index (χ4n) is 4.39. The van der Waals surface area contributed by atoms with E-state index in [0.29, 0.717) is 18.5 Å². The number of nitrogens with zero attached hydrogens (tertiary/aromatic N) is 4. The molecule has 0 saturated carbocycles. The summed E-state index contributed by atoms with van der Waals surface area (Å²) in [6, 6.07) is 5.72. The molecule has 1 aromatic heterocycles. The van der Waals surface area contributed by atoms with Gasteiger partial charge in [-0.25, -0.2) is 4.98 Å². The van der Waals surface area contributed by atoms with Crippen LogP contribution >= 0.6 is 0 Å². The van der Waals surface area contributed by atoms with Gasteiger partial charge in [0.15, 0.2) is 0 Å². The van der Waals surface area contributed by atoms with E-state index in [4.69, 9.17) is 5.26 Å². The van der Waals surface area contributed by atoms with E-state index in [2.05, 4.69) is 21.3 Å². The van der Waals surface area contributed by atoms with Crippen LogP contribution in [0.2, 0.25) is 0 Å². The van der Waals surface area contributed by atoms with E-state index in [9.17, 15) is 9.59 Å². The van der Waals surface area contributed by atoms with E-state index < -0.39 is 0 Å². The zero-order valence-corrected chi connectivity index (χ0v) is 14.8. The van der Waals surface area contributed by atoms with Crippen LogP contribution in [0.15, 0.2) is 18.3 Å². The molecule has 3 fully saturated rings. The average Bonchev–Trinajstić information content (AvgIpc) is 3.27. The van der Waals surface area contributed by atoms with Crippen molar-refractivity contribution in [2.75, 3.05) is 31.1 Å². The number of rotatable bonds is 2. The molecule has 2 amide bonds. The summed E-state index contributed by atoms with van der Waals surface area (Å²) < 4.78 is 0. The van der Waals surface area contributed by atoms with Crippen molar-refractivity contribution in [3.8, 4) is 6.07 Å². The summed E-state index contributed by atoms with van der Waals surface area (Å²) >= 11 is 0. The van der Waals surface area contributed by atoms with Crippen LogP contribution in [0.1, 0.15) is 37.7 Å². The number of likely N-dealkylation sites (tertiary alicyclic amines) is 1. The summed E-state index contributed by atoms with van der Waals surface area (Å²) in [6.07, 6.45) is 5.52. The Morgan fingerprint density at radius 1 is 1.27 bits per heavy atom. The molecule has 3 aliphatic rings. The molecule has 0 aromatic carbocycles. The van der Waals surface area contributed by atoms with E-state index in [1.165, 1.54) is 0 Å². The van der Waals surface area contributed by atoms with Crippen LogP contribution in [-0.2, 0) is 9.59 Å². The van der Waals surface area contributed by atoms with Crippen molar-refractivity contribution < 1.29 is 9.59 Å². The number of piperidine rings is 1. The maximum atomic E-state index is 12.9. The summed E-state index contributed by atoms with van der Waals surface area (Å²) in [6.45, 7) is 3.00. The fourth-order valence-corrected chi connectivity index (χ4v) is 4.39. The van der Waals surface area contributed by atoms with E-state index in [-0.39, 0.29) is 23.3 Å². The lowest BCUT2D eigenvalue weighted by molar-refractivity contribution is -0.135. The molecule has 0 bridgehead atoms. The Kier molecular flexibility index (Phi) is 4.27. The number of nitriles is 1. The van der Waals surface area contributed by atoms with Crippen molar-refractivity contribution in [3.05, 3.63) is 23.9 Å². The molecule has 4 rings (SSSR count). The van der Waals surface area contributed by atoms with E-state index in [0.717, 1.165) is 51.1 Å². The lowest BCUT2D eigenvalue weighted by Crippen LogP contribution is -2.47. The summed E-state index contributed by atoms with van der Waals surface area (Å²) in [5.74, 6) is 1.26. The Bertz CT molecular complexity index is 748. The van der Waals surface area contributed by atoms with Crippen molar-refractivity contribution in [3.63, 3.8) is 0 Å². The Hall–Kier alpha value is -2.62. The summed E-state index contributed by atoms with van der Waals surface area (Å²) in [5, 5.41) is 11.9. The SMILES string of the molecule is N#Cc1ccc(N2CCC(C(=O)N3CCC4(CCC(=O)N4)C3)CC2)nc1. The van der Waals surface area contributed by atoms with Gasteiger partial charge in [-0.3, -0.25) is 9.59 Å². The molecular weight excluding hydrogens is 330 g/mol. The number of pyridine rings is 1. The summed E-state index contributed by atoms with van der Waals surface area (Å²) in [5.41, 5.74) is 0.389. The molecule has 136 valence electrons. The van der Waals surface area contributed by atoms with Crippen LogP contribution in [-0.4, -0.2) is 53.4 Å². The quantitative estimate of drug-likeness (QED) is 0.858. The Labute approximate surface area is 153 Å². The molecule has 0 radical (unpaired) electrons. The highest BCUT2D eigenvalue weighted by atomic mass is 16.2. The van der Waals surface area contributed by atoms with Crippen LogP contribution in [0.3, 0.4) is 0 Å². The monoisotopic (exact) mass is 353 g/mol. The normalized spacial score (nSPS) is 26.2. The summed E-state index contributed by atoms with van der Waals surface area (Å²) in [7, 11) is 0. The third-order valence-electron chi connectivity index (χ3n) is 5.95. The molecular formula is C19H23N5O2. The van der Waals surface area contributed by atoms with Gasteiger partial charge >= 0.3 is 0 Å². The Balaban J connectivity index is 1.32. The standard InChI is InChI=1S/C19H23N5O2/c20-11-14-1-2-16(21-12-14)23-8-4-15(5-9-23)18(26)24-10-7-19(13-24)6-3-17(25)22-19/h1-2,12,15H,3-10,13H2,(H,22,25). The smallest absolute Gasteiger partial charge is 0.225 e. The van der Waals surface area contributed by atoms with Gasteiger partial charge in [-0.1, -0.05) is 0 Å². The minimum atomic E-state index is -0.167. The predicted octanol–water partition coefficient (Wildman–Crippen LogP) is 1.05. The molecule has 1 unspecified atom stereocenters. The molecule has 7 nitrogen and oxygen atoms in total. The van der Waals surface area contributed by atoms with Gasteiger partial charge in [0.2, 0.25) is 11.8 Å². The highest BCUT2D eigenvalue weighted by molar-refractivity contribution is 5.82. The van der Waals surface area contributed by atoms with Gasteiger partial charge in [0.25, 0.3) is 0 Å². The lowest BCUT2D eigenvalue weighted by atomic mass is 9.94. The van der Waals surface area contributed by atoms with Gasteiger partial charge in [-0.2, -0.15) is 5.26 Å². The zero-order chi connectivity index (χ0) is 18.1. The Morgan fingerprint density at radius 2 is 2.08 bits per heavy atom. The highest BCUT2D eigenvalue weighted by Crippen LogP contribution is 2.32. The number of hydrogen-bond acceptors (Lipinski definition) is 5. The first-order chi connectivity index (χ1) is 12.6. The first-order valence-corrected chi connectivity index (χ1v) is 9.29. The number of hydrogen-bond donors (Lipinski definition) is 1. The van der Waals surface area contributed by atoms with Crippen molar-refractivity contribution >= 4 is 17.6 Å². The van der Waals surface area contributed by atoms with Crippen molar-refractivity contribution in [1.82, 2.24) is 15.2 Å². The van der Waals surface area contributed by atoms with E-state index in [1.54, 1.807) is 12.3 Å². The molecule has 1 atom stereocenters. The van der Waals surface area contributed by atoms with Crippen LogP contribution in [0.25, 0.3) is 0 Å². The second-order valence-corrected chi connectivity index (χ2v) is 7.62. The average molecular weight is 353 g/mol. The van der Waals surface area contributed by atoms with Gasteiger partial charge in [0.1, 0.15) is 11.9 Å². The molecule has 26 heavy (non-hydrogen) atoms. The predicted molar refractivity (Wildman–Crippen MR) is 95.2 cm³/mol. The topological polar surface area (TPSA) is 89.3 Å². The lowest BCUT2D eigenvalue weighted by Gasteiger charge is -2.34. The van der Waals surface area contributed by atoms with Crippen LogP contribution in [0.4, 0.5) is 5.82 Å². The van der Waals surface area contributed by atoms with Crippen molar-refractivity contribution in [1.29, 1.82) is 5.26 Å². The zero-order valence-electron chi connectivity index (χ0n) is 14.8. The number of aromatic nitrogens is 1. The number of anilines is 1. The molecule has 3 aliphatic heterocycles. The van der Waals surface area contributed by atoms with Gasteiger partial charge < -0.3 is 15.1 Å². The van der Waals surface area contributed by atoms with E-state index >= 15 is 0 Å². The summed E-state index contributed by atoms with van der Waals surface area (Å²) in [4.78, 5) is 32.9. The first-order valence-electron chi connectivity index (χ1n) is 9.29. The largest absolute Gasteiger partial charge is 0.357 e. The van der Waals surface area contributed by atoms with E-state index in [1.807, 2.05) is 11.0 Å². The molecule has 1 N–H and O–H groups in total. The maximum Gasteiger partial charge on any atom is 0.225 e. The number of carbonyl (C=O) groups excluding carboxylic acids is 2. The van der Waals surface area contributed by atoms with Gasteiger partial charge in [-0.05, 0) is 37.8 Å². The molecule has 3 saturated heterocycles. The minimum absolute atomic E-state index is 0.0527. The van der Waals surface area contributed by atoms with Crippen molar-refractivity contribution in [2.45, 2.75) is 37.6 Å². The minimum Gasteiger partial charge on any atom is -0.357 e. The number of amides is 2. The molecule has 7 heteroatoms. The van der Waals surface area contributed by atoms with Crippen LogP contribution < -0.4 is 10.2 Å². The number of nitrogens with one attached hydrogen (secondary N) is 1. The van der Waals surface area contributed by atoms with Crippen LogP contribution in [0, 0.1) is 17.2 Å². The molecule has 4 heterocycles. The highest BCUT2D eigenvalue weighted by Gasteiger charge is 2.45. The Morgan fingerprint density at radius 3 is 2.69 bits per heavy atom. The van der Waals surface area contributed by atoms with Crippen molar-refractivity contribution in [2.24, 2.45) is 5.92 Å². The van der Waals surface area contributed by atoms with Gasteiger partial charge in [0.05, 0.1) is 11.1 Å². The van der Waals surface area contributed by atoms with Crippen LogP contribution in [0.5, 0.6) is 0 Å². The molecule has 1 spiro atoms.